The molecule has 1 N–H and O–H groups in total. The second-order valence-corrected chi connectivity index (χ2v) is 5.97. The summed E-state index contributed by atoms with van der Waals surface area (Å²) in [6.45, 7) is 6.57. The van der Waals surface area contributed by atoms with Gasteiger partial charge in [0.2, 0.25) is 0 Å². The van der Waals surface area contributed by atoms with Crippen molar-refractivity contribution in [2.45, 2.75) is 33.4 Å². The number of hydrogen-bond acceptors (Lipinski definition) is 6. The van der Waals surface area contributed by atoms with E-state index in [0.717, 1.165) is 16.9 Å². The largest absolute Gasteiger partial charge is 0.491 e. The highest BCUT2D eigenvalue weighted by Crippen LogP contribution is 2.28. The molecule has 3 aromatic rings. The van der Waals surface area contributed by atoms with E-state index in [9.17, 15) is 4.79 Å². The minimum Gasteiger partial charge on any atom is -0.491 e. The third kappa shape index (κ3) is 3.90. The van der Waals surface area contributed by atoms with Gasteiger partial charge >= 0.3 is 5.97 Å². The standard InChI is InChI=1S/C18H21N5O3/c1-4-25-18(24)17-16(20-22-21-17)13-5-6-15(26-12(2)3)14(9-13)10-23-8-7-19-11-23/h5-9,11-12H,4,10H2,1-3H3,(H,20,21,22). The normalized spacial score (nSPS) is 10.9. The number of nitrogens with zero attached hydrogens (tertiary/aromatic N) is 4. The molecule has 0 bridgehead atoms. The summed E-state index contributed by atoms with van der Waals surface area (Å²) in [5, 5.41) is 10.6. The van der Waals surface area contributed by atoms with Crippen LogP contribution in [-0.4, -0.2) is 43.6 Å². The average molecular weight is 355 g/mol. The predicted octanol–water partition coefficient (Wildman–Crippen LogP) is 2.68. The van der Waals surface area contributed by atoms with Crippen molar-refractivity contribution in [3.05, 3.63) is 48.2 Å². The summed E-state index contributed by atoms with van der Waals surface area (Å²) in [6, 6.07) is 5.68. The molecule has 26 heavy (non-hydrogen) atoms. The molecule has 8 heteroatoms. The van der Waals surface area contributed by atoms with E-state index < -0.39 is 5.97 Å². The molecule has 0 aliphatic heterocycles. The van der Waals surface area contributed by atoms with Crippen LogP contribution in [0.1, 0.15) is 36.8 Å². The number of imidazole rings is 1. The SMILES string of the molecule is CCOC(=O)c1n[nH]nc1-c1ccc(OC(C)C)c(Cn2ccnc2)c1. The van der Waals surface area contributed by atoms with Gasteiger partial charge < -0.3 is 14.0 Å². The second-order valence-electron chi connectivity index (χ2n) is 5.97. The zero-order valence-electron chi connectivity index (χ0n) is 15.0. The number of carbonyl (C=O) groups excluding carboxylic acids is 1. The minimum absolute atomic E-state index is 0.0459. The van der Waals surface area contributed by atoms with Crippen molar-refractivity contribution in [2.75, 3.05) is 6.61 Å². The molecule has 0 radical (unpaired) electrons. The summed E-state index contributed by atoms with van der Waals surface area (Å²) >= 11 is 0. The number of ether oxygens (including phenoxy) is 2. The van der Waals surface area contributed by atoms with Gasteiger partial charge in [0.25, 0.3) is 0 Å². The molecule has 0 spiro atoms. The molecule has 0 amide bonds. The fraction of sp³-hybridized carbons (Fsp3) is 0.333. The molecule has 3 rings (SSSR count). The molecule has 1 aromatic carbocycles. The van der Waals surface area contributed by atoms with E-state index in [1.165, 1.54) is 0 Å². The molecule has 0 atom stereocenters. The van der Waals surface area contributed by atoms with Crippen LogP contribution in [0.3, 0.4) is 0 Å². The van der Waals surface area contributed by atoms with Gasteiger partial charge in [0.1, 0.15) is 11.4 Å². The van der Waals surface area contributed by atoms with Crippen molar-refractivity contribution >= 4 is 5.97 Å². The van der Waals surface area contributed by atoms with Gasteiger partial charge in [0, 0.05) is 23.5 Å². The summed E-state index contributed by atoms with van der Waals surface area (Å²) in [5.41, 5.74) is 2.32. The Hall–Kier alpha value is -3.16. The highest BCUT2D eigenvalue weighted by Gasteiger charge is 2.20. The Labute approximate surface area is 151 Å². The molecule has 2 heterocycles. The summed E-state index contributed by atoms with van der Waals surface area (Å²) < 4.78 is 12.9. The summed E-state index contributed by atoms with van der Waals surface area (Å²) in [6.07, 6.45) is 5.39. The Morgan fingerprint density at radius 3 is 2.85 bits per heavy atom. The van der Waals surface area contributed by atoms with Crippen molar-refractivity contribution in [3.63, 3.8) is 0 Å². The van der Waals surface area contributed by atoms with Crippen LogP contribution < -0.4 is 4.74 Å². The molecule has 8 nitrogen and oxygen atoms in total. The Morgan fingerprint density at radius 1 is 1.31 bits per heavy atom. The first-order valence-electron chi connectivity index (χ1n) is 8.42. The Morgan fingerprint density at radius 2 is 2.15 bits per heavy atom. The van der Waals surface area contributed by atoms with Crippen molar-refractivity contribution in [1.82, 2.24) is 25.0 Å². The number of aromatic amines is 1. The molecule has 0 fully saturated rings. The maximum atomic E-state index is 12.1. The van der Waals surface area contributed by atoms with Crippen molar-refractivity contribution in [1.29, 1.82) is 0 Å². The van der Waals surface area contributed by atoms with E-state index in [2.05, 4.69) is 20.4 Å². The maximum Gasteiger partial charge on any atom is 0.361 e. The van der Waals surface area contributed by atoms with Crippen molar-refractivity contribution in [2.24, 2.45) is 0 Å². The third-order valence-electron chi connectivity index (χ3n) is 3.63. The van der Waals surface area contributed by atoms with E-state index in [0.29, 0.717) is 12.2 Å². The fourth-order valence-electron chi connectivity index (χ4n) is 2.57. The number of H-pyrrole nitrogens is 1. The lowest BCUT2D eigenvalue weighted by Gasteiger charge is -2.16. The first-order valence-corrected chi connectivity index (χ1v) is 8.42. The Kier molecular flexibility index (Phi) is 5.31. The number of nitrogens with one attached hydrogen (secondary N) is 1. The number of rotatable bonds is 7. The highest BCUT2D eigenvalue weighted by molar-refractivity contribution is 5.94. The van der Waals surface area contributed by atoms with Crippen LogP contribution in [-0.2, 0) is 11.3 Å². The van der Waals surface area contributed by atoms with Crippen LogP contribution in [0.15, 0.2) is 36.9 Å². The van der Waals surface area contributed by atoms with Crippen LogP contribution in [0.5, 0.6) is 5.75 Å². The molecule has 0 saturated heterocycles. The lowest BCUT2D eigenvalue weighted by Crippen LogP contribution is -2.10. The Bertz CT molecular complexity index is 871. The molecule has 0 aliphatic carbocycles. The van der Waals surface area contributed by atoms with Crippen molar-refractivity contribution in [3.8, 4) is 17.0 Å². The summed E-state index contributed by atoms with van der Waals surface area (Å²) in [5.74, 6) is 0.272. The van der Waals surface area contributed by atoms with Crippen LogP contribution >= 0.6 is 0 Å². The highest BCUT2D eigenvalue weighted by atomic mass is 16.5. The van der Waals surface area contributed by atoms with Gasteiger partial charge in [-0.15, -0.1) is 5.10 Å². The number of carbonyl (C=O) groups is 1. The summed E-state index contributed by atoms with van der Waals surface area (Å²) in [4.78, 5) is 16.1. The topological polar surface area (TPSA) is 94.9 Å². The van der Waals surface area contributed by atoms with E-state index in [1.807, 2.05) is 42.8 Å². The second kappa shape index (κ2) is 7.81. The van der Waals surface area contributed by atoms with Crippen LogP contribution in [0.4, 0.5) is 0 Å². The van der Waals surface area contributed by atoms with Crippen LogP contribution in [0, 0.1) is 0 Å². The molecular weight excluding hydrogens is 334 g/mol. The zero-order chi connectivity index (χ0) is 18.5. The van der Waals surface area contributed by atoms with Gasteiger partial charge in [-0.1, -0.05) is 0 Å². The number of esters is 1. The van der Waals surface area contributed by atoms with Gasteiger partial charge in [-0.3, -0.25) is 0 Å². The minimum atomic E-state index is -0.505. The predicted molar refractivity (Wildman–Crippen MR) is 94.9 cm³/mol. The first kappa shape index (κ1) is 17.7. The van der Waals surface area contributed by atoms with E-state index in [4.69, 9.17) is 9.47 Å². The smallest absolute Gasteiger partial charge is 0.361 e. The number of benzene rings is 1. The van der Waals surface area contributed by atoms with Crippen LogP contribution in [0.25, 0.3) is 11.3 Å². The summed E-state index contributed by atoms with van der Waals surface area (Å²) in [7, 11) is 0. The quantitative estimate of drug-likeness (QED) is 0.655. The van der Waals surface area contributed by atoms with Gasteiger partial charge in [0.05, 0.1) is 25.6 Å². The number of hydrogen-bond donors (Lipinski definition) is 1. The van der Waals surface area contributed by atoms with Gasteiger partial charge in [0.15, 0.2) is 5.69 Å². The van der Waals surface area contributed by atoms with Gasteiger partial charge in [-0.2, -0.15) is 10.3 Å². The lowest BCUT2D eigenvalue weighted by atomic mass is 10.1. The van der Waals surface area contributed by atoms with Gasteiger partial charge in [-0.25, -0.2) is 9.78 Å². The monoisotopic (exact) mass is 355 g/mol. The Balaban J connectivity index is 1.99. The molecule has 0 aliphatic rings. The zero-order valence-corrected chi connectivity index (χ0v) is 15.0. The maximum absolute atomic E-state index is 12.1. The lowest BCUT2D eigenvalue weighted by molar-refractivity contribution is 0.0520. The average Bonchev–Trinajstić information content (AvgIpc) is 3.27. The number of aromatic nitrogens is 5. The molecule has 0 saturated carbocycles. The van der Waals surface area contributed by atoms with Crippen LogP contribution in [0.2, 0.25) is 0 Å². The molecule has 136 valence electrons. The van der Waals surface area contributed by atoms with E-state index in [-0.39, 0.29) is 18.4 Å². The van der Waals surface area contributed by atoms with Crippen molar-refractivity contribution < 1.29 is 14.3 Å². The first-order chi connectivity index (χ1) is 12.6. The molecular formula is C18H21N5O3. The molecule has 0 unspecified atom stereocenters. The fourth-order valence-corrected chi connectivity index (χ4v) is 2.57. The van der Waals surface area contributed by atoms with E-state index in [1.54, 1.807) is 19.4 Å². The third-order valence-corrected chi connectivity index (χ3v) is 3.63. The van der Waals surface area contributed by atoms with Gasteiger partial charge in [-0.05, 0) is 39.0 Å². The van der Waals surface area contributed by atoms with E-state index >= 15 is 0 Å². The molecule has 2 aromatic heterocycles.